The zero-order chi connectivity index (χ0) is 9.73. The van der Waals surface area contributed by atoms with Gasteiger partial charge in [0.1, 0.15) is 0 Å². The van der Waals surface area contributed by atoms with E-state index in [1.54, 1.807) is 0 Å². The van der Waals surface area contributed by atoms with E-state index in [1.807, 2.05) is 0 Å². The second kappa shape index (κ2) is 5.08. The van der Waals surface area contributed by atoms with Crippen LogP contribution in [0.1, 0.15) is 25.7 Å². The summed E-state index contributed by atoms with van der Waals surface area (Å²) in [4.78, 5) is 16.7. The molecule has 0 aromatic rings. The highest BCUT2D eigenvalue weighted by Crippen LogP contribution is 2.35. The molecule has 0 aromatic heterocycles. The van der Waals surface area contributed by atoms with Gasteiger partial charge in [0.25, 0.3) is 0 Å². The molecule has 0 saturated heterocycles. The summed E-state index contributed by atoms with van der Waals surface area (Å²) in [6, 6.07) is 0.514. The van der Waals surface area contributed by atoms with Crippen molar-refractivity contribution in [3.05, 3.63) is 0 Å². The molecular formula is C7H16NO4P. The lowest BCUT2D eigenvalue weighted by Crippen LogP contribution is -2.29. The van der Waals surface area contributed by atoms with Crippen molar-refractivity contribution in [3.8, 4) is 0 Å². The van der Waals surface area contributed by atoms with Crippen molar-refractivity contribution < 1.29 is 18.9 Å². The van der Waals surface area contributed by atoms with Gasteiger partial charge in [-0.3, -0.25) is 4.52 Å². The van der Waals surface area contributed by atoms with E-state index >= 15 is 0 Å². The van der Waals surface area contributed by atoms with Gasteiger partial charge in [0.2, 0.25) is 0 Å². The van der Waals surface area contributed by atoms with E-state index in [2.05, 4.69) is 9.84 Å². The van der Waals surface area contributed by atoms with Gasteiger partial charge in [0.05, 0.1) is 6.61 Å². The second-order valence-electron chi connectivity index (χ2n) is 3.26. The molecule has 78 valence electrons. The van der Waals surface area contributed by atoms with Crippen molar-refractivity contribution >= 4 is 7.82 Å². The van der Waals surface area contributed by atoms with Gasteiger partial charge in [-0.05, 0) is 12.8 Å². The van der Waals surface area contributed by atoms with Crippen LogP contribution in [0.4, 0.5) is 0 Å². The molecule has 0 spiro atoms. The maximum Gasteiger partial charge on any atom is 0.469 e. The van der Waals surface area contributed by atoms with Crippen LogP contribution in [0.3, 0.4) is 0 Å². The van der Waals surface area contributed by atoms with Gasteiger partial charge in [-0.25, -0.2) is 4.57 Å². The number of hydrogen-bond acceptors (Lipinski definition) is 3. The maximum atomic E-state index is 10.3. The summed E-state index contributed by atoms with van der Waals surface area (Å²) >= 11 is 0. The first-order valence-corrected chi connectivity index (χ1v) is 6.04. The third-order valence-corrected chi connectivity index (χ3v) is 2.67. The summed E-state index contributed by atoms with van der Waals surface area (Å²) in [5.41, 5.74) is 0. The standard InChI is InChI=1S/C7H16NO4P/c9-13(10,11)12-6-5-8-7-3-1-2-4-7/h7-8H,1-6H2,(H2,9,10,11). The Morgan fingerprint density at radius 1 is 1.38 bits per heavy atom. The first-order chi connectivity index (χ1) is 6.08. The van der Waals surface area contributed by atoms with Crippen LogP contribution < -0.4 is 5.32 Å². The average Bonchev–Trinajstić information content (AvgIpc) is 2.48. The molecule has 0 unspecified atom stereocenters. The summed E-state index contributed by atoms with van der Waals surface area (Å²) in [6.45, 7) is 0.580. The second-order valence-corrected chi connectivity index (χ2v) is 4.50. The molecule has 0 heterocycles. The van der Waals surface area contributed by atoms with Crippen LogP contribution in [0.2, 0.25) is 0 Å². The van der Waals surface area contributed by atoms with Gasteiger partial charge in [-0.2, -0.15) is 0 Å². The van der Waals surface area contributed by atoms with Gasteiger partial charge in [0, 0.05) is 12.6 Å². The van der Waals surface area contributed by atoms with Gasteiger partial charge in [-0.15, -0.1) is 0 Å². The van der Waals surface area contributed by atoms with Crippen molar-refractivity contribution in [3.63, 3.8) is 0 Å². The minimum absolute atomic E-state index is 0.0702. The smallest absolute Gasteiger partial charge is 0.312 e. The van der Waals surface area contributed by atoms with E-state index in [9.17, 15) is 4.57 Å². The van der Waals surface area contributed by atoms with Gasteiger partial charge < -0.3 is 15.1 Å². The first-order valence-electron chi connectivity index (χ1n) is 4.51. The largest absolute Gasteiger partial charge is 0.469 e. The number of hydrogen-bond donors (Lipinski definition) is 3. The van der Waals surface area contributed by atoms with E-state index in [1.165, 1.54) is 12.8 Å². The zero-order valence-electron chi connectivity index (χ0n) is 7.48. The molecule has 0 amide bonds. The fraction of sp³-hybridized carbons (Fsp3) is 1.00. The molecule has 0 atom stereocenters. The molecule has 5 nitrogen and oxygen atoms in total. The average molecular weight is 209 g/mol. The van der Waals surface area contributed by atoms with Crippen molar-refractivity contribution in [2.24, 2.45) is 0 Å². The number of rotatable bonds is 5. The topological polar surface area (TPSA) is 78.8 Å². The van der Waals surface area contributed by atoms with Crippen LogP contribution in [-0.4, -0.2) is 29.0 Å². The molecule has 13 heavy (non-hydrogen) atoms. The summed E-state index contributed by atoms with van der Waals surface area (Å²) < 4.78 is 14.6. The monoisotopic (exact) mass is 209 g/mol. The summed E-state index contributed by atoms with van der Waals surface area (Å²) in [6.07, 6.45) is 4.82. The van der Waals surface area contributed by atoms with Crippen LogP contribution in [0.15, 0.2) is 0 Å². The lowest BCUT2D eigenvalue weighted by molar-refractivity contribution is 0.195. The lowest BCUT2D eigenvalue weighted by Gasteiger charge is -2.11. The van der Waals surface area contributed by atoms with E-state index in [0.29, 0.717) is 12.6 Å². The molecule has 0 aromatic carbocycles. The summed E-state index contributed by atoms with van der Waals surface area (Å²) in [7, 11) is -4.27. The molecule has 1 aliphatic carbocycles. The Morgan fingerprint density at radius 3 is 2.54 bits per heavy atom. The molecule has 0 radical (unpaired) electrons. The minimum Gasteiger partial charge on any atom is -0.312 e. The molecule has 1 aliphatic rings. The third kappa shape index (κ3) is 5.39. The predicted molar refractivity (Wildman–Crippen MR) is 48.3 cm³/mol. The Labute approximate surface area is 77.7 Å². The maximum absolute atomic E-state index is 10.3. The highest BCUT2D eigenvalue weighted by atomic mass is 31.2. The Hall–Kier alpha value is 0.0700. The SMILES string of the molecule is O=P(O)(O)OCCNC1CCCC1. The quantitative estimate of drug-likeness (QED) is 0.457. The van der Waals surface area contributed by atoms with E-state index in [-0.39, 0.29) is 6.61 Å². The number of phosphoric ester groups is 1. The predicted octanol–water partition coefficient (Wildman–Crippen LogP) is 0.628. The molecule has 0 bridgehead atoms. The van der Waals surface area contributed by atoms with Crippen molar-refractivity contribution in [1.29, 1.82) is 0 Å². The van der Waals surface area contributed by atoms with Gasteiger partial charge >= 0.3 is 7.82 Å². The van der Waals surface area contributed by atoms with E-state index < -0.39 is 7.82 Å². The minimum atomic E-state index is -4.27. The molecule has 6 heteroatoms. The highest BCUT2D eigenvalue weighted by Gasteiger charge is 2.15. The first kappa shape index (κ1) is 11.1. The van der Waals surface area contributed by atoms with Crippen LogP contribution in [0.5, 0.6) is 0 Å². The van der Waals surface area contributed by atoms with Crippen molar-refractivity contribution in [2.75, 3.05) is 13.2 Å². The summed E-state index contributed by atoms with van der Waals surface area (Å²) in [5.74, 6) is 0. The van der Waals surface area contributed by atoms with Crippen LogP contribution >= 0.6 is 7.82 Å². The molecule has 0 aliphatic heterocycles. The lowest BCUT2D eigenvalue weighted by atomic mass is 10.2. The Morgan fingerprint density at radius 2 is 2.00 bits per heavy atom. The zero-order valence-corrected chi connectivity index (χ0v) is 8.37. The molecule has 1 fully saturated rings. The number of phosphoric acid groups is 1. The highest BCUT2D eigenvalue weighted by molar-refractivity contribution is 7.46. The normalized spacial score (nSPS) is 19.5. The van der Waals surface area contributed by atoms with Crippen LogP contribution in [0, 0.1) is 0 Å². The Kier molecular flexibility index (Phi) is 4.35. The summed E-state index contributed by atoms with van der Waals surface area (Å²) in [5, 5.41) is 3.19. The molecule has 1 rings (SSSR count). The van der Waals surface area contributed by atoms with Crippen LogP contribution in [-0.2, 0) is 9.09 Å². The Bertz CT molecular complexity index is 187. The fourth-order valence-electron chi connectivity index (χ4n) is 1.56. The van der Waals surface area contributed by atoms with Crippen molar-refractivity contribution in [2.45, 2.75) is 31.7 Å². The Balaban J connectivity index is 1.97. The third-order valence-electron chi connectivity index (χ3n) is 2.15. The molecule has 1 saturated carbocycles. The van der Waals surface area contributed by atoms with E-state index in [0.717, 1.165) is 12.8 Å². The molecular weight excluding hydrogens is 193 g/mol. The number of nitrogens with one attached hydrogen (secondary N) is 1. The van der Waals surface area contributed by atoms with Crippen molar-refractivity contribution in [1.82, 2.24) is 5.32 Å². The van der Waals surface area contributed by atoms with E-state index in [4.69, 9.17) is 9.79 Å². The van der Waals surface area contributed by atoms with Gasteiger partial charge in [0.15, 0.2) is 0 Å². The van der Waals surface area contributed by atoms with Gasteiger partial charge in [-0.1, -0.05) is 12.8 Å². The molecule has 3 N–H and O–H groups in total. The fourth-order valence-corrected chi connectivity index (χ4v) is 1.89. The van der Waals surface area contributed by atoms with Crippen LogP contribution in [0.25, 0.3) is 0 Å².